The quantitative estimate of drug-likeness (QED) is 0.705. The largest absolute Gasteiger partial charge is 0.416 e. The summed E-state index contributed by atoms with van der Waals surface area (Å²) in [5.74, 6) is 0. The van der Waals surface area contributed by atoms with Crippen LogP contribution in [0.3, 0.4) is 0 Å². The molecule has 0 spiro atoms. The van der Waals surface area contributed by atoms with E-state index in [-0.39, 0.29) is 24.5 Å². The van der Waals surface area contributed by atoms with Crippen molar-refractivity contribution in [2.75, 3.05) is 0 Å². The fourth-order valence-electron chi connectivity index (χ4n) is 2.27. The minimum atomic E-state index is -4.43. The summed E-state index contributed by atoms with van der Waals surface area (Å²) in [5.41, 5.74) is 0.351. The maximum absolute atomic E-state index is 13.1. The van der Waals surface area contributed by atoms with Gasteiger partial charge in [0.15, 0.2) is 0 Å². The SMILES string of the molecule is [2H]c1nc([2H])c2c(Cc3ccccc3C(F)(F)F)cccc2n1. The highest BCUT2D eigenvalue weighted by molar-refractivity contribution is 5.81. The van der Waals surface area contributed by atoms with Crippen molar-refractivity contribution >= 4 is 10.9 Å². The van der Waals surface area contributed by atoms with Crippen LogP contribution in [0.5, 0.6) is 0 Å². The molecule has 0 aliphatic carbocycles. The molecule has 2 nitrogen and oxygen atoms in total. The van der Waals surface area contributed by atoms with Gasteiger partial charge in [-0.3, -0.25) is 0 Å². The molecule has 1 heterocycles. The summed E-state index contributed by atoms with van der Waals surface area (Å²) in [7, 11) is 0. The van der Waals surface area contributed by atoms with E-state index in [1.807, 2.05) is 0 Å². The number of alkyl halides is 3. The molecule has 106 valence electrons. The lowest BCUT2D eigenvalue weighted by Crippen LogP contribution is -2.09. The Kier molecular flexibility index (Phi) is 2.77. The molecule has 0 aliphatic rings. The summed E-state index contributed by atoms with van der Waals surface area (Å²) >= 11 is 0. The van der Waals surface area contributed by atoms with Gasteiger partial charge in [-0.2, -0.15) is 13.2 Å². The third kappa shape index (κ3) is 2.72. The average Bonchev–Trinajstić information content (AvgIpc) is 2.46. The van der Waals surface area contributed by atoms with Gasteiger partial charge in [0.05, 0.1) is 12.5 Å². The Balaban J connectivity index is 2.14. The van der Waals surface area contributed by atoms with E-state index in [4.69, 9.17) is 2.74 Å². The number of hydrogen-bond acceptors (Lipinski definition) is 2. The standard InChI is InChI=1S/C16H11F3N2/c17-16(18,19)14-6-2-1-4-12(14)8-11-5-3-7-15-13(11)9-20-10-21-15/h1-7,9-10H,8H2/i9D,10D. The topological polar surface area (TPSA) is 25.8 Å². The van der Waals surface area contributed by atoms with E-state index < -0.39 is 11.7 Å². The fraction of sp³-hybridized carbons (Fsp3) is 0.125. The number of rotatable bonds is 2. The van der Waals surface area contributed by atoms with Gasteiger partial charge in [-0.1, -0.05) is 30.3 Å². The number of benzene rings is 2. The molecule has 0 radical (unpaired) electrons. The van der Waals surface area contributed by atoms with E-state index in [1.165, 1.54) is 12.1 Å². The summed E-state index contributed by atoms with van der Waals surface area (Å²) in [6.07, 6.45) is -4.86. The fourth-order valence-corrected chi connectivity index (χ4v) is 2.27. The van der Waals surface area contributed by atoms with Gasteiger partial charge in [0.1, 0.15) is 7.67 Å². The van der Waals surface area contributed by atoms with Crippen LogP contribution in [-0.2, 0) is 12.6 Å². The molecule has 0 saturated heterocycles. The first kappa shape index (κ1) is 11.3. The molecule has 1 aromatic heterocycles. The highest BCUT2D eigenvalue weighted by Gasteiger charge is 2.32. The van der Waals surface area contributed by atoms with Gasteiger partial charge in [0.25, 0.3) is 0 Å². The summed E-state index contributed by atoms with van der Waals surface area (Å²) in [4.78, 5) is 7.60. The van der Waals surface area contributed by atoms with Crippen LogP contribution in [0.1, 0.15) is 19.4 Å². The van der Waals surface area contributed by atoms with Crippen molar-refractivity contribution in [3.8, 4) is 0 Å². The summed E-state index contributed by atoms with van der Waals surface area (Å²) in [6.45, 7) is 0. The minimum Gasteiger partial charge on any atom is -0.244 e. The van der Waals surface area contributed by atoms with E-state index in [0.717, 1.165) is 6.07 Å². The van der Waals surface area contributed by atoms with Gasteiger partial charge in [-0.15, -0.1) is 0 Å². The molecular formula is C16H11F3N2. The number of fused-ring (bicyclic) bond motifs is 1. The lowest BCUT2D eigenvalue weighted by atomic mass is 9.97. The van der Waals surface area contributed by atoms with E-state index in [2.05, 4.69) is 9.97 Å². The number of halogens is 3. The molecule has 2 aromatic carbocycles. The van der Waals surface area contributed by atoms with Crippen molar-refractivity contribution in [3.63, 3.8) is 0 Å². The second kappa shape index (κ2) is 5.16. The zero-order valence-corrected chi connectivity index (χ0v) is 10.8. The molecule has 0 atom stereocenters. The van der Waals surface area contributed by atoms with Crippen LogP contribution in [0.4, 0.5) is 13.2 Å². The van der Waals surface area contributed by atoms with Crippen LogP contribution in [0.25, 0.3) is 10.9 Å². The van der Waals surface area contributed by atoms with Gasteiger partial charge in [0.2, 0.25) is 0 Å². The Morgan fingerprint density at radius 1 is 1.00 bits per heavy atom. The van der Waals surface area contributed by atoms with E-state index in [1.54, 1.807) is 24.3 Å². The highest BCUT2D eigenvalue weighted by atomic mass is 19.4. The van der Waals surface area contributed by atoms with Crippen LogP contribution < -0.4 is 0 Å². The second-order valence-electron chi connectivity index (χ2n) is 4.58. The van der Waals surface area contributed by atoms with Gasteiger partial charge in [-0.05, 0) is 29.7 Å². The first-order valence-corrected chi connectivity index (χ1v) is 6.24. The first-order chi connectivity index (χ1) is 10.9. The van der Waals surface area contributed by atoms with Crippen LogP contribution in [0, 0.1) is 0 Å². The predicted octanol–water partition coefficient (Wildman–Crippen LogP) is 4.24. The Morgan fingerprint density at radius 3 is 2.57 bits per heavy atom. The second-order valence-corrected chi connectivity index (χ2v) is 4.58. The third-order valence-corrected chi connectivity index (χ3v) is 3.22. The van der Waals surface area contributed by atoms with Crippen LogP contribution >= 0.6 is 0 Å². The minimum absolute atomic E-state index is 0.0135. The molecule has 5 heteroatoms. The highest BCUT2D eigenvalue weighted by Crippen LogP contribution is 2.33. The predicted molar refractivity (Wildman–Crippen MR) is 73.8 cm³/mol. The van der Waals surface area contributed by atoms with E-state index in [9.17, 15) is 13.2 Å². The van der Waals surface area contributed by atoms with Crippen molar-refractivity contribution in [1.82, 2.24) is 9.97 Å². The van der Waals surface area contributed by atoms with Crippen LogP contribution in [-0.4, -0.2) is 9.97 Å². The molecule has 3 aromatic rings. The third-order valence-electron chi connectivity index (χ3n) is 3.22. The number of nitrogens with zero attached hydrogens (tertiary/aromatic N) is 2. The molecular weight excluding hydrogens is 277 g/mol. The van der Waals surface area contributed by atoms with Crippen molar-refractivity contribution < 1.29 is 15.9 Å². The monoisotopic (exact) mass is 290 g/mol. The van der Waals surface area contributed by atoms with E-state index >= 15 is 0 Å². The summed E-state index contributed by atoms with van der Waals surface area (Å²) < 4.78 is 54.7. The molecule has 0 bridgehead atoms. The Morgan fingerprint density at radius 2 is 1.76 bits per heavy atom. The van der Waals surface area contributed by atoms with Crippen molar-refractivity contribution in [2.45, 2.75) is 12.6 Å². The summed E-state index contributed by atoms with van der Waals surface area (Å²) in [6, 6.07) is 10.3. The normalized spacial score (nSPS) is 13.1. The first-order valence-electron chi connectivity index (χ1n) is 7.24. The number of hydrogen-bond donors (Lipinski definition) is 0. The van der Waals surface area contributed by atoms with Crippen LogP contribution in [0.2, 0.25) is 0 Å². The molecule has 0 N–H and O–H groups in total. The van der Waals surface area contributed by atoms with Crippen molar-refractivity contribution in [2.24, 2.45) is 0 Å². The molecule has 3 rings (SSSR count). The van der Waals surface area contributed by atoms with Crippen molar-refractivity contribution in [1.29, 1.82) is 0 Å². The van der Waals surface area contributed by atoms with E-state index in [0.29, 0.717) is 16.5 Å². The zero-order valence-electron chi connectivity index (χ0n) is 12.8. The summed E-state index contributed by atoms with van der Waals surface area (Å²) in [5, 5.41) is 0.375. The Hall–Kier alpha value is -2.43. The van der Waals surface area contributed by atoms with Crippen LogP contribution in [0.15, 0.2) is 54.9 Å². The maximum atomic E-state index is 13.1. The van der Waals surface area contributed by atoms with Crippen molar-refractivity contribution in [3.05, 3.63) is 71.6 Å². The molecule has 0 fully saturated rings. The lowest BCUT2D eigenvalue weighted by Gasteiger charge is -2.13. The smallest absolute Gasteiger partial charge is 0.244 e. The lowest BCUT2D eigenvalue weighted by molar-refractivity contribution is -0.138. The average molecular weight is 290 g/mol. The molecule has 21 heavy (non-hydrogen) atoms. The van der Waals surface area contributed by atoms with Gasteiger partial charge < -0.3 is 0 Å². The Bertz CT molecular complexity index is 879. The maximum Gasteiger partial charge on any atom is 0.416 e. The van der Waals surface area contributed by atoms with Gasteiger partial charge >= 0.3 is 6.18 Å². The Labute approximate surface area is 122 Å². The molecule has 0 amide bonds. The van der Waals surface area contributed by atoms with Gasteiger partial charge in [-0.25, -0.2) is 9.97 Å². The zero-order chi connectivity index (χ0) is 16.6. The molecule has 0 aliphatic heterocycles. The molecule has 0 saturated carbocycles. The molecule has 0 unspecified atom stereocenters. The van der Waals surface area contributed by atoms with Gasteiger partial charge in [0, 0.05) is 11.6 Å². The number of aromatic nitrogens is 2.